The van der Waals surface area contributed by atoms with Crippen LogP contribution in [0.15, 0.2) is 24.3 Å². The summed E-state index contributed by atoms with van der Waals surface area (Å²) < 4.78 is 0. The molecule has 1 saturated carbocycles. The fraction of sp³-hybridized carbons (Fsp3) is 0.562. The SMILES string of the molecule is CC(C)N(CC(=O)Nc1cccc(Cl)c1)C1CCCC1. The molecule has 1 fully saturated rings. The third-order valence-electron chi connectivity index (χ3n) is 3.89. The van der Waals surface area contributed by atoms with Crippen molar-refractivity contribution in [1.29, 1.82) is 0 Å². The second kappa shape index (κ2) is 7.09. The van der Waals surface area contributed by atoms with Crippen molar-refractivity contribution in [3.8, 4) is 0 Å². The molecule has 0 unspecified atom stereocenters. The predicted octanol–water partition coefficient (Wildman–Crippen LogP) is 3.93. The molecule has 1 amide bonds. The number of rotatable bonds is 5. The maximum Gasteiger partial charge on any atom is 0.238 e. The fourth-order valence-corrected chi connectivity index (χ4v) is 3.09. The molecule has 4 heteroatoms. The van der Waals surface area contributed by atoms with E-state index >= 15 is 0 Å². The first-order valence-electron chi connectivity index (χ1n) is 7.37. The molecule has 0 saturated heterocycles. The van der Waals surface area contributed by atoms with Crippen LogP contribution in [0, 0.1) is 0 Å². The number of anilines is 1. The lowest BCUT2D eigenvalue weighted by atomic mass is 10.1. The lowest BCUT2D eigenvalue weighted by molar-refractivity contribution is -0.118. The van der Waals surface area contributed by atoms with Gasteiger partial charge < -0.3 is 5.32 Å². The van der Waals surface area contributed by atoms with Crippen molar-refractivity contribution in [3.05, 3.63) is 29.3 Å². The van der Waals surface area contributed by atoms with Crippen LogP contribution in [0.4, 0.5) is 5.69 Å². The molecule has 1 aliphatic rings. The van der Waals surface area contributed by atoms with Gasteiger partial charge >= 0.3 is 0 Å². The summed E-state index contributed by atoms with van der Waals surface area (Å²) in [6.45, 7) is 4.77. The summed E-state index contributed by atoms with van der Waals surface area (Å²) in [4.78, 5) is 14.5. The van der Waals surface area contributed by atoms with Crippen LogP contribution < -0.4 is 5.32 Å². The first-order chi connectivity index (χ1) is 9.56. The number of nitrogens with zero attached hydrogens (tertiary/aromatic N) is 1. The number of hydrogen-bond acceptors (Lipinski definition) is 2. The zero-order valence-electron chi connectivity index (χ0n) is 12.2. The molecule has 0 atom stereocenters. The lowest BCUT2D eigenvalue weighted by Crippen LogP contribution is -2.43. The van der Waals surface area contributed by atoms with E-state index in [-0.39, 0.29) is 5.91 Å². The Hall–Kier alpha value is -1.06. The van der Waals surface area contributed by atoms with Gasteiger partial charge in [0.15, 0.2) is 0 Å². The maximum absolute atomic E-state index is 12.2. The zero-order chi connectivity index (χ0) is 14.5. The van der Waals surface area contributed by atoms with Crippen LogP contribution >= 0.6 is 11.6 Å². The minimum atomic E-state index is 0.0351. The molecule has 2 rings (SSSR count). The molecule has 0 bridgehead atoms. The Morgan fingerprint density at radius 1 is 1.40 bits per heavy atom. The van der Waals surface area contributed by atoms with Crippen LogP contribution in [0.2, 0.25) is 5.02 Å². The highest BCUT2D eigenvalue weighted by atomic mass is 35.5. The second-order valence-electron chi connectivity index (χ2n) is 5.76. The Kier molecular flexibility index (Phi) is 5.44. The number of carbonyl (C=O) groups excluding carboxylic acids is 1. The van der Waals surface area contributed by atoms with E-state index in [9.17, 15) is 4.79 Å². The third-order valence-corrected chi connectivity index (χ3v) is 4.13. The molecule has 1 aromatic carbocycles. The highest BCUT2D eigenvalue weighted by molar-refractivity contribution is 6.30. The topological polar surface area (TPSA) is 32.3 Å². The maximum atomic E-state index is 12.2. The summed E-state index contributed by atoms with van der Waals surface area (Å²) in [5.74, 6) is 0.0351. The minimum absolute atomic E-state index is 0.0351. The van der Waals surface area contributed by atoms with Gasteiger partial charge in [-0.2, -0.15) is 0 Å². The van der Waals surface area contributed by atoms with Crippen molar-refractivity contribution in [2.24, 2.45) is 0 Å². The van der Waals surface area contributed by atoms with Gasteiger partial charge in [0.05, 0.1) is 6.54 Å². The number of carbonyl (C=O) groups is 1. The van der Waals surface area contributed by atoms with Gasteiger partial charge in [-0.25, -0.2) is 0 Å². The molecule has 1 aliphatic carbocycles. The molecule has 0 spiro atoms. The van der Waals surface area contributed by atoms with E-state index in [0.29, 0.717) is 23.7 Å². The number of hydrogen-bond donors (Lipinski definition) is 1. The second-order valence-corrected chi connectivity index (χ2v) is 6.20. The first kappa shape index (κ1) is 15.3. The molecule has 110 valence electrons. The molecule has 20 heavy (non-hydrogen) atoms. The predicted molar refractivity (Wildman–Crippen MR) is 84.2 cm³/mol. The Morgan fingerprint density at radius 2 is 2.10 bits per heavy atom. The first-order valence-corrected chi connectivity index (χ1v) is 7.75. The number of nitrogens with one attached hydrogen (secondary N) is 1. The molecule has 0 radical (unpaired) electrons. The minimum Gasteiger partial charge on any atom is -0.325 e. The van der Waals surface area contributed by atoms with E-state index in [1.165, 1.54) is 25.7 Å². The Balaban J connectivity index is 1.94. The Labute approximate surface area is 126 Å². The monoisotopic (exact) mass is 294 g/mol. The van der Waals surface area contributed by atoms with Gasteiger partial charge in [-0.3, -0.25) is 9.69 Å². The van der Waals surface area contributed by atoms with E-state index in [1.54, 1.807) is 12.1 Å². The number of halogens is 1. The zero-order valence-corrected chi connectivity index (χ0v) is 13.0. The number of amides is 1. The normalized spacial score (nSPS) is 16.1. The smallest absolute Gasteiger partial charge is 0.238 e. The van der Waals surface area contributed by atoms with Crippen LogP contribution in [0.1, 0.15) is 39.5 Å². The fourth-order valence-electron chi connectivity index (χ4n) is 2.90. The largest absolute Gasteiger partial charge is 0.325 e. The van der Waals surface area contributed by atoms with E-state index in [4.69, 9.17) is 11.6 Å². The van der Waals surface area contributed by atoms with E-state index in [1.807, 2.05) is 12.1 Å². The average molecular weight is 295 g/mol. The molecule has 1 N–H and O–H groups in total. The molecule has 0 heterocycles. The van der Waals surface area contributed by atoms with Gasteiger partial charge in [0.25, 0.3) is 0 Å². The summed E-state index contributed by atoms with van der Waals surface area (Å²) in [6.07, 6.45) is 4.98. The van der Waals surface area contributed by atoms with Gasteiger partial charge in [0, 0.05) is 22.8 Å². The van der Waals surface area contributed by atoms with Crippen molar-refractivity contribution in [1.82, 2.24) is 4.90 Å². The molecular weight excluding hydrogens is 272 g/mol. The van der Waals surface area contributed by atoms with Crippen molar-refractivity contribution in [2.45, 2.75) is 51.6 Å². The van der Waals surface area contributed by atoms with E-state index < -0.39 is 0 Å². The third kappa shape index (κ3) is 4.22. The average Bonchev–Trinajstić information content (AvgIpc) is 2.89. The highest BCUT2D eigenvalue weighted by Gasteiger charge is 2.26. The van der Waals surface area contributed by atoms with Gasteiger partial charge in [0.2, 0.25) is 5.91 Å². The summed E-state index contributed by atoms with van der Waals surface area (Å²) >= 11 is 5.93. The molecule has 1 aromatic rings. The Morgan fingerprint density at radius 3 is 2.70 bits per heavy atom. The highest BCUT2D eigenvalue weighted by Crippen LogP contribution is 2.25. The van der Waals surface area contributed by atoms with Gasteiger partial charge in [0.1, 0.15) is 0 Å². The molecule has 0 aromatic heterocycles. The standard InChI is InChI=1S/C16H23ClN2O/c1-12(2)19(15-8-3-4-9-15)11-16(20)18-14-7-5-6-13(17)10-14/h5-7,10,12,15H,3-4,8-9,11H2,1-2H3,(H,18,20). The summed E-state index contributed by atoms with van der Waals surface area (Å²) in [6, 6.07) is 8.22. The summed E-state index contributed by atoms with van der Waals surface area (Å²) in [5.41, 5.74) is 0.762. The quantitative estimate of drug-likeness (QED) is 0.892. The lowest BCUT2D eigenvalue weighted by Gasteiger charge is -2.31. The van der Waals surface area contributed by atoms with Gasteiger partial charge in [-0.1, -0.05) is 30.5 Å². The molecule has 0 aliphatic heterocycles. The van der Waals surface area contributed by atoms with Crippen LogP contribution in [-0.2, 0) is 4.79 Å². The van der Waals surface area contributed by atoms with Crippen molar-refractivity contribution >= 4 is 23.2 Å². The summed E-state index contributed by atoms with van der Waals surface area (Å²) in [7, 11) is 0. The van der Waals surface area contributed by atoms with E-state index in [0.717, 1.165) is 5.69 Å². The van der Waals surface area contributed by atoms with Crippen LogP contribution in [-0.4, -0.2) is 29.4 Å². The van der Waals surface area contributed by atoms with Crippen molar-refractivity contribution in [2.75, 3.05) is 11.9 Å². The summed E-state index contributed by atoms with van der Waals surface area (Å²) in [5, 5.41) is 3.56. The molecular formula is C16H23ClN2O. The van der Waals surface area contributed by atoms with E-state index in [2.05, 4.69) is 24.1 Å². The number of benzene rings is 1. The molecule has 3 nitrogen and oxygen atoms in total. The van der Waals surface area contributed by atoms with Crippen LogP contribution in [0.5, 0.6) is 0 Å². The van der Waals surface area contributed by atoms with Gasteiger partial charge in [-0.05, 0) is 44.9 Å². The Bertz CT molecular complexity index is 456. The van der Waals surface area contributed by atoms with Crippen molar-refractivity contribution in [3.63, 3.8) is 0 Å². The van der Waals surface area contributed by atoms with Crippen molar-refractivity contribution < 1.29 is 4.79 Å². The van der Waals surface area contributed by atoms with Crippen LogP contribution in [0.25, 0.3) is 0 Å². The van der Waals surface area contributed by atoms with Crippen LogP contribution in [0.3, 0.4) is 0 Å². The van der Waals surface area contributed by atoms with Gasteiger partial charge in [-0.15, -0.1) is 0 Å².